The van der Waals surface area contributed by atoms with Gasteiger partial charge in [0.1, 0.15) is 13.2 Å². The average Bonchev–Trinajstić information content (AvgIpc) is 3.02. The fraction of sp³-hybridized carbons (Fsp3) is 0.885. The first-order valence-corrected chi connectivity index (χ1v) is 15.2. The molecule has 0 unspecified atom stereocenters. The zero-order valence-corrected chi connectivity index (χ0v) is 30.8. The molecule has 0 heterocycles. The maximum atomic E-state index is 11.1. The number of aliphatic imine (C=N–C) groups is 1. The van der Waals surface area contributed by atoms with Gasteiger partial charge in [0.15, 0.2) is 0 Å². The molecule has 258 valence electrons. The molecular weight excluding hydrogens is 648 g/mol. The number of azide groups is 1. The number of carbonyl (C=O) groups is 2. The minimum atomic E-state index is -0.226. The number of carbonyl (C=O) groups excluding carboxylic acids is 3. The summed E-state index contributed by atoms with van der Waals surface area (Å²) in [5.74, 6) is 0.776. The van der Waals surface area contributed by atoms with Gasteiger partial charge in [0.05, 0.1) is 33.0 Å². The Morgan fingerprint density at radius 3 is 1.53 bits per heavy atom. The van der Waals surface area contributed by atoms with Crippen molar-refractivity contribution >= 4 is 41.2 Å². The largest absolute Gasteiger partial charge is 1.00 e. The molecule has 45 heavy (non-hydrogen) atoms. The van der Waals surface area contributed by atoms with Gasteiger partial charge in [-0.05, 0) is 58.4 Å². The molecule has 0 saturated carbocycles. The first kappa shape index (κ1) is 55.7. The first-order chi connectivity index (χ1) is 21.4. The molecule has 1 N–H and O–H groups in total. The number of halogens is 2. The molecule has 19 heteroatoms. The van der Waals surface area contributed by atoms with E-state index >= 15 is 0 Å². The molecule has 0 aromatic rings. The number of unbranched alkanes of at least 4 members (excludes halogenated alkanes) is 2. The number of isocyanates is 1. The van der Waals surface area contributed by atoms with E-state index in [1.807, 2.05) is 20.8 Å². The van der Waals surface area contributed by atoms with Crippen LogP contribution in [0.3, 0.4) is 0 Å². The van der Waals surface area contributed by atoms with Crippen LogP contribution in [0.5, 0.6) is 0 Å². The summed E-state index contributed by atoms with van der Waals surface area (Å²) in [6, 6.07) is 0. The molecule has 0 aliphatic carbocycles. The Balaban J connectivity index is -0.000000115. The predicted molar refractivity (Wildman–Crippen MR) is 169 cm³/mol. The predicted octanol–water partition coefficient (Wildman–Crippen LogP) is 2.86. The molecule has 0 aromatic carbocycles. The number of hydrogen-bond donors (Lipinski definition) is 1. The second kappa shape index (κ2) is 61.4. The third kappa shape index (κ3) is 80.0. The Kier molecular flexibility index (Phi) is 76.0. The van der Waals surface area contributed by atoms with Crippen molar-refractivity contribution in [1.82, 2.24) is 0 Å². The van der Waals surface area contributed by atoms with Crippen LogP contribution in [-0.2, 0) is 38.1 Å². The number of ether oxygens (including phenoxy) is 5. The van der Waals surface area contributed by atoms with Crippen molar-refractivity contribution in [2.45, 2.75) is 65.7 Å². The Bertz CT molecular complexity index is 727. The zero-order chi connectivity index (χ0) is 34.4. The van der Waals surface area contributed by atoms with E-state index in [1.165, 1.54) is 11.0 Å². The molecule has 0 atom stereocenters. The quantitative estimate of drug-likeness (QED) is 0.0190. The molecule has 0 rings (SSSR count). The minimum absolute atomic E-state index is 0. The minimum Gasteiger partial charge on any atom is -0.463 e. The van der Waals surface area contributed by atoms with E-state index in [0.29, 0.717) is 103 Å². The SMILES string of the molecule is CCOCCO.CCOCCOC(=O)CCCCCl.CCOCCOC(=O)CCCCN=[N+]=[N-].O=C=NCCCCl.[N-]=[N+]=[N-].[Na+]. The van der Waals surface area contributed by atoms with Gasteiger partial charge in [-0.15, -0.1) is 23.2 Å². The van der Waals surface area contributed by atoms with E-state index < -0.39 is 0 Å². The standard InChI is InChI=1S/C9H17ClO3.C9H17N3O3.C4H6ClNO.C4H10O2.N3.Na/c1-2-12-7-8-13-9(11)5-3-4-6-10;1-2-14-7-8-15-9(13)5-3-4-6-11-12-10;5-2-1-3-6-4-7;1-2-6-4-3-5;1-3-2;/h2-8H2,1H3;2-8H2,1H3;1-3H2;5H,2-4H2,1H3;;/q;;;;-1;+1. The fourth-order valence-electron chi connectivity index (χ4n) is 2.12. The summed E-state index contributed by atoms with van der Waals surface area (Å²) in [6.45, 7) is 10.8. The Morgan fingerprint density at radius 2 is 1.18 bits per heavy atom. The van der Waals surface area contributed by atoms with Crippen LogP contribution in [0.15, 0.2) is 10.1 Å². The van der Waals surface area contributed by atoms with Gasteiger partial charge in [-0.2, -0.15) is 0 Å². The van der Waals surface area contributed by atoms with Crippen molar-refractivity contribution in [2.75, 3.05) is 84.3 Å². The van der Waals surface area contributed by atoms with Gasteiger partial charge in [-0.3, -0.25) is 14.5 Å². The van der Waals surface area contributed by atoms with Gasteiger partial charge in [-0.1, -0.05) is 5.11 Å². The molecule has 0 spiro atoms. The Labute approximate surface area is 299 Å². The van der Waals surface area contributed by atoms with Crippen LogP contribution in [0.1, 0.15) is 65.7 Å². The van der Waals surface area contributed by atoms with Crippen molar-refractivity contribution in [2.24, 2.45) is 10.1 Å². The molecule has 0 bridgehead atoms. The van der Waals surface area contributed by atoms with Crippen LogP contribution in [0, 0.1) is 0 Å². The van der Waals surface area contributed by atoms with E-state index in [0.717, 1.165) is 19.3 Å². The van der Waals surface area contributed by atoms with Crippen LogP contribution >= 0.6 is 23.2 Å². The Hall–Kier alpha value is -1.64. The summed E-state index contributed by atoms with van der Waals surface area (Å²) in [5.41, 5.74) is 21.5. The molecule has 0 amide bonds. The summed E-state index contributed by atoms with van der Waals surface area (Å²) < 4.78 is 24.5. The smallest absolute Gasteiger partial charge is 0.463 e. The van der Waals surface area contributed by atoms with Gasteiger partial charge in [0.25, 0.3) is 0 Å². The van der Waals surface area contributed by atoms with Crippen molar-refractivity contribution in [3.8, 4) is 0 Å². The number of aliphatic hydroxyl groups excluding tert-OH is 1. The molecule has 0 aliphatic rings. The second-order valence-electron chi connectivity index (χ2n) is 7.42. The summed E-state index contributed by atoms with van der Waals surface area (Å²) in [6.07, 6.45) is 6.07. The summed E-state index contributed by atoms with van der Waals surface area (Å²) >= 11 is 10.7. The number of alkyl halides is 2. The van der Waals surface area contributed by atoms with E-state index in [1.54, 1.807) is 0 Å². The van der Waals surface area contributed by atoms with Crippen molar-refractivity contribution in [3.63, 3.8) is 0 Å². The maximum Gasteiger partial charge on any atom is 1.00 e. The van der Waals surface area contributed by atoms with E-state index in [2.05, 4.69) is 15.0 Å². The van der Waals surface area contributed by atoms with Crippen molar-refractivity contribution in [3.05, 3.63) is 26.4 Å². The Morgan fingerprint density at radius 1 is 0.733 bits per heavy atom. The molecule has 0 saturated heterocycles. The van der Waals surface area contributed by atoms with Crippen LogP contribution in [0.4, 0.5) is 0 Å². The molecule has 0 radical (unpaired) electrons. The van der Waals surface area contributed by atoms with E-state index in [-0.39, 0.29) is 48.1 Å². The van der Waals surface area contributed by atoms with Gasteiger partial charge in [-0.25, -0.2) is 9.79 Å². The molecule has 0 aliphatic heterocycles. The van der Waals surface area contributed by atoms with Crippen LogP contribution in [0.25, 0.3) is 26.4 Å². The topological polar surface area (TPSA) is 237 Å². The van der Waals surface area contributed by atoms with Crippen LogP contribution < -0.4 is 29.6 Å². The summed E-state index contributed by atoms with van der Waals surface area (Å²) in [4.78, 5) is 38.7. The average molecular weight is 699 g/mol. The van der Waals surface area contributed by atoms with E-state index in [9.17, 15) is 14.4 Å². The molecule has 16 nitrogen and oxygen atoms in total. The fourth-order valence-corrected chi connectivity index (χ4v) is 2.42. The first-order valence-electron chi connectivity index (χ1n) is 14.2. The number of esters is 2. The summed E-state index contributed by atoms with van der Waals surface area (Å²) in [7, 11) is 0. The van der Waals surface area contributed by atoms with Gasteiger partial charge < -0.3 is 39.9 Å². The normalized spacial score (nSPS) is 8.58. The van der Waals surface area contributed by atoms with Gasteiger partial charge in [0, 0.05) is 55.9 Å². The number of rotatable bonds is 23. The zero-order valence-electron chi connectivity index (χ0n) is 27.2. The van der Waals surface area contributed by atoms with E-state index in [4.69, 9.17) is 68.6 Å². The number of hydrogen-bond acceptors (Lipinski definition) is 11. The summed E-state index contributed by atoms with van der Waals surface area (Å²) in [5, 5.41) is 11.4. The number of aliphatic hydroxyl groups is 1. The monoisotopic (exact) mass is 697 g/mol. The van der Waals surface area contributed by atoms with Crippen molar-refractivity contribution in [1.29, 1.82) is 0 Å². The second-order valence-corrected chi connectivity index (χ2v) is 8.17. The molecule has 0 fully saturated rings. The van der Waals surface area contributed by atoms with Crippen molar-refractivity contribution < 1.29 is 72.7 Å². The van der Waals surface area contributed by atoms with Gasteiger partial charge in [0.2, 0.25) is 6.08 Å². The molecule has 0 aromatic heterocycles. The third-order valence-electron chi connectivity index (χ3n) is 4.01. The maximum absolute atomic E-state index is 11.1. The third-order valence-corrected chi connectivity index (χ3v) is 4.55. The van der Waals surface area contributed by atoms with Crippen LogP contribution in [-0.4, -0.2) is 107 Å². The number of nitrogens with zero attached hydrogens (tertiary/aromatic N) is 7. The van der Waals surface area contributed by atoms with Gasteiger partial charge >= 0.3 is 41.5 Å². The molecular formula is C26H50Cl2N7NaO9. The van der Waals surface area contributed by atoms with Crippen LogP contribution in [0.2, 0.25) is 0 Å².